The molecule has 0 aromatic heterocycles. The van der Waals surface area contributed by atoms with E-state index in [4.69, 9.17) is 4.43 Å². The standard InChI is InChI=1S/C29H35NO3Si/c1-28(2,3)34(25-16-10-6-11-17-25,26-18-12-7-13-19-26)33-24-20-29(4,27(31)32)30(22-24)21-23-14-8-5-9-15-23/h5-19,24H,20-22H2,1-4H3,(H,31,32)/t24-,29-/m1/s1. The van der Waals surface area contributed by atoms with Crippen LogP contribution < -0.4 is 10.4 Å². The molecule has 1 heterocycles. The summed E-state index contributed by atoms with van der Waals surface area (Å²) in [6.45, 7) is 9.78. The van der Waals surface area contributed by atoms with Crippen molar-refractivity contribution in [2.45, 2.75) is 57.3 Å². The number of carbonyl (C=O) groups is 1. The van der Waals surface area contributed by atoms with Gasteiger partial charge in [0.1, 0.15) is 5.54 Å². The molecule has 1 saturated heterocycles. The van der Waals surface area contributed by atoms with E-state index in [2.05, 4.69) is 86.3 Å². The van der Waals surface area contributed by atoms with Crippen molar-refractivity contribution in [1.29, 1.82) is 0 Å². The molecule has 1 aliphatic rings. The van der Waals surface area contributed by atoms with Crippen LogP contribution in [0.25, 0.3) is 0 Å². The Morgan fingerprint density at radius 2 is 1.41 bits per heavy atom. The molecule has 5 heteroatoms. The molecule has 4 nitrogen and oxygen atoms in total. The normalized spacial score (nSPS) is 21.5. The minimum atomic E-state index is -2.75. The minimum Gasteiger partial charge on any atom is -0.480 e. The molecule has 1 fully saturated rings. The molecule has 0 saturated carbocycles. The van der Waals surface area contributed by atoms with Crippen LogP contribution in [0.1, 0.15) is 39.7 Å². The van der Waals surface area contributed by atoms with E-state index < -0.39 is 19.8 Å². The van der Waals surface area contributed by atoms with Gasteiger partial charge in [-0.2, -0.15) is 0 Å². The Labute approximate surface area is 204 Å². The molecule has 1 aliphatic heterocycles. The van der Waals surface area contributed by atoms with Crippen LogP contribution in [0.15, 0.2) is 91.0 Å². The number of carboxylic acids is 1. The summed E-state index contributed by atoms with van der Waals surface area (Å²) in [5, 5.41) is 12.5. The molecule has 0 unspecified atom stereocenters. The highest BCUT2D eigenvalue weighted by Crippen LogP contribution is 2.41. The van der Waals surface area contributed by atoms with Crippen molar-refractivity contribution in [2.24, 2.45) is 0 Å². The first-order valence-electron chi connectivity index (χ1n) is 12.0. The monoisotopic (exact) mass is 473 g/mol. The van der Waals surface area contributed by atoms with Crippen molar-refractivity contribution >= 4 is 24.7 Å². The van der Waals surface area contributed by atoms with Crippen molar-refractivity contribution in [3.05, 3.63) is 96.6 Å². The average Bonchev–Trinajstić information content (AvgIpc) is 3.14. The van der Waals surface area contributed by atoms with E-state index in [-0.39, 0.29) is 11.1 Å². The van der Waals surface area contributed by atoms with Crippen LogP contribution in [-0.4, -0.2) is 42.5 Å². The van der Waals surface area contributed by atoms with Crippen molar-refractivity contribution in [1.82, 2.24) is 4.90 Å². The molecule has 1 N–H and O–H groups in total. The highest BCUT2D eigenvalue weighted by Gasteiger charge is 2.55. The predicted octanol–water partition coefficient (Wildman–Crippen LogP) is 4.68. The van der Waals surface area contributed by atoms with Crippen LogP contribution in [0.5, 0.6) is 0 Å². The number of rotatable bonds is 7. The van der Waals surface area contributed by atoms with Crippen molar-refractivity contribution < 1.29 is 14.3 Å². The van der Waals surface area contributed by atoms with E-state index in [0.29, 0.717) is 19.5 Å². The SMILES string of the molecule is CC(C)(C)[Si](O[C@H]1CN(Cc2ccccc2)[C@@](C)(C(=O)O)C1)(c1ccccc1)c1ccccc1. The largest absolute Gasteiger partial charge is 0.480 e. The molecule has 0 radical (unpaired) electrons. The molecule has 2 atom stereocenters. The van der Waals surface area contributed by atoms with Crippen LogP contribution in [0.4, 0.5) is 0 Å². The third kappa shape index (κ3) is 4.48. The Hall–Kier alpha value is -2.73. The molecule has 178 valence electrons. The van der Waals surface area contributed by atoms with Gasteiger partial charge in [-0.3, -0.25) is 9.69 Å². The first-order chi connectivity index (χ1) is 16.2. The lowest BCUT2D eigenvalue weighted by Crippen LogP contribution is -2.67. The van der Waals surface area contributed by atoms with Crippen molar-refractivity contribution in [3.8, 4) is 0 Å². The fraction of sp³-hybridized carbons (Fsp3) is 0.345. The van der Waals surface area contributed by atoms with Crippen molar-refractivity contribution in [3.63, 3.8) is 0 Å². The Morgan fingerprint density at radius 1 is 0.941 bits per heavy atom. The predicted molar refractivity (Wildman–Crippen MR) is 140 cm³/mol. The third-order valence-electron chi connectivity index (χ3n) is 7.18. The van der Waals surface area contributed by atoms with Gasteiger partial charge in [0.15, 0.2) is 0 Å². The molecule has 0 aliphatic carbocycles. The zero-order chi connectivity index (χ0) is 24.4. The summed E-state index contributed by atoms with van der Waals surface area (Å²) in [6, 6.07) is 31.2. The van der Waals surface area contributed by atoms with E-state index in [0.717, 1.165) is 5.56 Å². The number of likely N-dealkylation sites (tertiary alicyclic amines) is 1. The number of nitrogens with zero attached hydrogens (tertiary/aromatic N) is 1. The summed E-state index contributed by atoms with van der Waals surface area (Å²) in [5.41, 5.74) is 0.132. The van der Waals surface area contributed by atoms with Gasteiger partial charge in [-0.05, 0) is 27.9 Å². The number of hydrogen-bond donors (Lipinski definition) is 1. The molecule has 0 bridgehead atoms. The van der Waals surface area contributed by atoms with E-state index in [1.165, 1.54) is 10.4 Å². The second-order valence-electron chi connectivity index (χ2n) is 10.6. The topological polar surface area (TPSA) is 49.8 Å². The third-order valence-corrected chi connectivity index (χ3v) is 12.3. The first kappa shape index (κ1) is 24.4. The van der Waals surface area contributed by atoms with Crippen LogP contribution in [0.3, 0.4) is 0 Å². The first-order valence-corrected chi connectivity index (χ1v) is 13.9. The van der Waals surface area contributed by atoms with Crippen LogP contribution in [-0.2, 0) is 15.8 Å². The van der Waals surface area contributed by atoms with Gasteiger partial charge in [0, 0.05) is 19.5 Å². The molecule has 3 aromatic carbocycles. The van der Waals surface area contributed by atoms with Crippen molar-refractivity contribution in [2.75, 3.05) is 6.54 Å². The number of aliphatic carboxylic acids is 1. The summed E-state index contributed by atoms with van der Waals surface area (Å²) >= 11 is 0. The van der Waals surface area contributed by atoms with E-state index >= 15 is 0 Å². The van der Waals surface area contributed by atoms with Gasteiger partial charge in [0.05, 0.1) is 6.10 Å². The smallest absolute Gasteiger partial charge is 0.323 e. The highest BCUT2D eigenvalue weighted by atomic mass is 28.4. The molecule has 3 aromatic rings. The summed E-state index contributed by atoms with van der Waals surface area (Å²) < 4.78 is 7.28. The summed E-state index contributed by atoms with van der Waals surface area (Å²) in [6.07, 6.45) is 0.274. The van der Waals surface area contributed by atoms with Crippen LogP contribution in [0.2, 0.25) is 5.04 Å². The second kappa shape index (κ2) is 9.49. The van der Waals surface area contributed by atoms with E-state index in [1.54, 1.807) is 0 Å². The Morgan fingerprint density at radius 3 is 1.85 bits per heavy atom. The lowest BCUT2D eigenvalue weighted by atomic mass is 9.98. The highest BCUT2D eigenvalue weighted by molar-refractivity contribution is 6.99. The fourth-order valence-electron chi connectivity index (χ4n) is 5.37. The summed E-state index contributed by atoms with van der Waals surface area (Å²) in [5.74, 6) is -0.794. The van der Waals surface area contributed by atoms with Gasteiger partial charge in [0.2, 0.25) is 0 Å². The van der Waals surface area contributed by atoms with Gasteiger partial charge >= 0.3 is 5.97 Å². The number of carboxylic acid groups (broad SMARTS) is 1. The van der Waals surface area contributed by atoms with Crippen LogP contribution >= 0.6 is 0 Å². The Kier molecular flexibility index (Phi) is 6.81. The molecule has 34 heavy (non-hydrogen) atoms. The van der Waals surface area contributed by atoms with Gasteiger partial charge in [-0.1, -0.05) is 112 Å². The zero-order valence-corrected chi connectivity index (χ0v) is 21.6. The molecular weight excluding hydrogens is 438 g/mol. The summed E-state index contributed by atoms with van der Waals surface area (Å²) in [4.78, 5) is 14.6. The van der Waals surface area contributed by atoms with Crippen LogP contribution in [0, 0.1) is 0 Å². The maximum atomic E-state index is 12.5. The maximum Gasteiger partial charge on any atom is 0.323 e. The molecule has 0 amide bonds. The maximum absolute atomic E-state index is 12.5. The molecular formula is C29H35NO3Si. The molecule has 4 rings (SSSR count). The van der Waals surface area contributed by atoms with Gasteiger partial charge in [0.25, 0.3) is 8.32 Å². The zero-order valence-electron chi connectivity index (χ0n) is 20.6. The molecule has 0 spiro atoms. The summed E-state index contributed by atoms with van der Waals surface area (Å²) in [7, 11) is -2.75. The lowest BCUT2D eigenvalue weighted by molar-refractivity contribution is -0.149. The van der Waals surface area contributed by atoms with E-state index in [1.807, 2.05) is 37.3 Å². The quantitative estimate of drug-likeness (QED) is 0.506. The number of benzene rings is 3. The second-order valence-corrected chi connectivity index (χ2v) is 14.8. The average molecular weight is 474 g/mol. The minimum absolute atomic E-state index is 0.151. The lowest BCUT2D eigenvalue weighted by Gasteiger charge is -2.44. The van der Waals surface area contributed by atoms with Gasteiger partial charge in [-0.15, -0.1) is 0 Å². The number of hydrogen-bond acceptors (Lipinski definition) is 3. The van der Waals surface area contributed by atoms with Gasteiger partial charge < -0.3 is 9.53 Å². The van der Waals surface area contributed by atoms with Gasteiger partial charge in [-0.25, -0.2) is 0 Å². The Balaban J connectivity index is 1.75. The fourth-order valence-corrected chi connectivity index (χ4v) is 10.0. The Bertz CT molecular complexity index is 1060. The van der Waals surface area contributed by atoms with E-state index in [9.17, 15) is 9.90 Å².